The van der Waals surface area contributed by atoms with Gasteiger partial charge in [-0.05, 0) is 24.6 Å². The van der Waals surface area contributed by atoms with Crippen LogP contribution < -0.4 is 10.6 Å². The van der Waals surface area contributed by atoms with Crippen LogP contribution in [0.3, 0.4) is 0 Å². The van der Waals surface area contributed by atoms with Crippen molar-refractivity contribution < 1.29 is 0 Å². The quantitative estimate of drug-likeness (QED) is 0.854. The maximum atomic E-state index is 6.14. The normalized spacial score (nSPS) is 21.6. The molecule has 4 heteroatoms. The molecule has 0 unspecified atom stereocenters. The van der Waals surface area contributed by atoms with Crippen molar-refractivity contribution in [2.45, 2.75) is 12.5 Å². The first-order valence-corrected chi connectivity index (χ1v) is 5.79. The summed E-state index contributed by atoms with van der Waals surface area (Å²) >= 11 is 9.53. The number of halogens is 2. The minimum absolute atomic E-state index is 0.287. The third-order valence-electron chi connectivity index (χ3n) is 2.48. The highest BCUT2D eigenvalue weighted by Crippen LogP contribution is 2.30. The van der Waals surface area contributed by atoms with Crippen molar-refractivity contribution >= 4 is 33.2 Å². The Morgan fingerprint density at radius 1 is 1.50 bits per heavy atom. The molecule has 0 aliphatic carbocycles. The van der Waals surface area contributed by atoms with Crippen LogP contribution in [0.15, 0.2) is 22.7 Å². The molecule has 0 saturated carbocycles. The second-order valence-corrected chi connectivity index (χ2v) is 4.91. The highest BCUT2D eigenvalue weighted by molar-refractivity contribution is 9.10. The van der Waals surface area contributed by atoms with Gasteiger partial charge in [0.2, 0.25) is 0 Å². The molecule has 1 atom stereocenters. The van der Waals surface area contributed by atoms with Gasteiger partial charge >= 0.3 is 0 Å². The van der Waals surface area contributed by atoms with E-state index >= 15 is 0 Å². The van der Waals surface area contributed by atoms with Crippen LogP contribution in [0.2, 0.25) is 5.02 Å². The van der Waals surface area contributed by atoms with Crippen molar-refractivity contribution in [3.8, 4) is 0 Å². The molecule has 76 valence electrons. The molecule has 1 aliphatic rings. The Kier molecular flexibility index (Phi) is 3.00. The number of hydrogen-bond acceptors (Lipinski definition) is 2. The monoisotopic (exact) mass is 274 g/mol. The smallest absolute Gasteiger partial charge is 0.0650 e. The number of nitrogens with zero attached hydrogens (tertiary/aromatic N) is 1. The van der Waals surface area contributed by atoms with Crippen molar-refractivity contribution in [1.29, 1.82) is 0 Å². The van der Waals surface area contributed by atoms with E-state index in [1.54, 1.807) is 0 Å². The van der Waals surface area contributed by atoms with Crippen molar-refractivity contribution in [1.82, 2.24) is 0 Å². The average Bonchev–Trinajstić information content (AvgIpc) is 2.51. The number of rotatable bonds is 1. The first-order chi connectivity index (χ1) is 6.66. The molecule has 1 fully saturated rings. The zero-order chi connectivity index (χ0) is 10.1. The summed E-state index contributed by atoms with van der Waals surface area (Å²) in [7, 11) is 0. The molecular formula is C10H12BrClN2. The fraction of sp³-hybridized carbons (Fsp3) is 0.400. The lowest BCUT2D eigenvalue weighted by Crippen LogP contribution is -2.26. The molecule has 1 aromatic rings. The second-order valence-electron chi connectivity index (χ2n) is 3.59. The molecule has 0 bridgehead atoms. The van der Waals surface area contributed by atoms with Crippen LogP contribution in [0.4, 0.5) is 5.69 Å². The summed E-state index contributed by atoms with van der Waals surface area (Å²) < 4.78 is 1.01. The van der Waals surface area contributed by atoms with Crippen LogP contribution in [0.5, 0.6) is 0 Å². The molecule has 1 saturated heterocycles. The number of nitrogens with two attached hydrogens (primary N) is 1. The van der Waals surface area contributed by atoms with E-state index < -0.39 is 0 Å². The van der Waals surface area contributed by atoms with Crippen molar-refractivity contribution in [2.24, 2.45) is 5.73 Å². The van der Waals surface area contributed by atoms with E-state index in [0.29, 0.717) is 0 Å². The fourth-order valence-corrected chi connectivity index (χ4v) is 2.54. The van der Waals surface area contributed by atoms with E-state index in [9.17, 15) is 0 Å². The van der Waals surface area contributed by atoms with Gasteiger partial charge in [-0.3, -0.25) is 0 Å². The van der Waals surface area contributed by atoms with Gasteiger partial charge in [0.25, 0.3) is 0 Å². The molecule has 0 amide bonds. The highest BCUT2D eigenvalue weighted by atomic mass is 79.9. The Labute approximate surface area is 97.2 Å². The van der Waals surface area contributed by atoms with Crippen LogP contribution in [0.25, 0.3) is 0 Å². The summed E-state index contributed by atoms with van der Waals surface area (Å²) in [5, 5.41) is 0.786. The third-order valence-corrected chi connectivity index (χ3v) is 3.27. The average molecular weight is 276 g/mol. The predicted molar refractivity (Wildman–Crippen MR) is 64.0 cm³/mol. The van der Waals surface area contributed by atoms with E-state index in [1.165, 1.54) is 0 Å². The second kappa shape index (κ2) is 4.09. The number of anilines is 1. The molecule has 0 spiro atoms. The molecular weight excluding hydrogens is 263 g/mol. The van der Waals surface area contributed by atoms with Gasteiger partial charge in [0.1, 0.15) is 0 Å². The summed E-state index contributed by atoms with van der Waals surface area (Å²) in [4.78, 5) is 2.24. The molecule has 2 rings (SSSR count). The van der Waals surface area contributed by atoms with Gasteiger partial charge in [-0.1, -0.05) is 27.5 Å². The van der Waals surface area contributed by atoms with Crippen LogP contribution in [-0.4, -0.2) is 19.1 Å². The van der Waals surface area contributed by atoms with Crippen LogP contribution in [-0.2, 0) is 0 Å². The first kappa shape index (κ1) is 10.3. The molecule has 2 N–H and O–H groups in total. The van der Waals surface area contributed by atoms with Crippen molar-refractivity contribution in [2.75, 3.05) is 18.0 Å². The van der Waals surface area contributed by atoms with E-state index in [-0.39, 0.29) is 6.04 Å². The number of hydrogen-bond donors (Lipinski definition) is 1. The maximum absolute atomic E-state index is 6.14. The van der Waals surface area contributed by atoms with Gasteiger partial charge in [-0.15, -0.1) is 0 Å². The molecule has 2 nitrogen and oxygen atoms in total. The topological polar surface area (TPSA) is 29.3 Å². The largest absolute Gasteiger partial charge is 0.369 e. The molecule has 0 radical (unpaired) electrons. The van der Waals surface area contributed by atoms with Crippen LogP contribution in [0.1, 0.15) is 6.42 Å². The third kappa shape index (κ3) is 2.05. The lowest BCUT2D eigenvalue weighted by molar-refractivity contribution is 0.752. The van der Waals surface area contributed by atoms with Gasteiger partial charge in [-0.2, -0.15) is 0 Å². The summed E-state index contributed by atoms with van der Waals surface area (Å²) in [5.74, 6) is 0. The summed E-state index contributed by atoms with van der Waals surface area (Å²) in [6.07, 6.45) is 1.05. The van der Waals surface area contributed by atoms with Gasteiger partial charge in [0.15, 0.2) is 0 Å². The zero-order valence-electron chi connectivity index (χ0n) is 7.71. The molecule has 1 aromatic carbocycles. The fourth-order valence-electron chi connectivity index (χ4n) is 1.74. The molecule has 14 heavy (non-hydrogen) atoms. The summed E-state index contributed by atoms with van der Waals surface area (Å²) in [6.45, 7) is 1.91. The Morgan fingerprint density at radius 3 is 2.86 bits per heavy atom. The van der Waals surface area contributed by atoms with Gasteiger partial charge in [0.05, 0.1) is 10.7 Å². The molecule has 0 aromatic heterocycles. The van der Waals surface area contributed by atoms with Crippen molar-refractivity contribution in [3.05, 3.63) is 27.7 Å². The lowest BCUT2D eigenvalue weighted by atomic mass is 10.3. The first-order valence-electron chi connectivity index (χ1n) is 4.62. The van der Waals surface area contributed by atoms with Gasteiger partial charge in [-0.25, -0.2) is 0 Å². The van der Waals surface area contributed by atoms with Crippen LogP contribution >= 0.6 is 27.5 Å². The summed E-state index contributed by atoms with van der Waals surface area (Å²) in [6, 6.07) is 6.24. The Morgan fingerprint density at radius 2 is 2.29 bits per heavy atom. The lowest BCUT2D eigenvalue weighted by Gasteiger charge is -2.19. The van der Waals surface area contributed by atoms with E-state index in [2.05, 4.69) is 20.8 Å². The Hall–Kier alpha value is -0.250. The van der Waals surface area contributed by atoms with E-state index in [0.717, 1.165) is 34.7 Å². The van der Waals surface area contributed by atoms with Gasteiger partial charge in [0, 0.05) is 23.6 Å². The SMILES string of the molecule is N[C@@H]1CCN(c2ccc(Br)cc2Cl)C1. The van der Waals surface area contributed by atoms with E-state index in [4.69, 9.17) is 17.3 Å². The summed E-state index contributed by atoms with van der Waals surface area (Å²) in [5.41, 5.74) is 6.93. The minimum atomic E-state index is 0.287. The Bertz CT molecular complexity index is 343. The predicted octanol–water partition coefficient (Wildman–Crippen LogP) is 2.64. The maximum Gasteiger partial charge on any atom is 0.0650 e. The standard InChI is InChI=1S/C10H12BrClN2/c11-7-1-2-10(9(12)5-7)14-4-3-8(13)6-14/h1-2,5,8H,3-4,6,13H2/t8-/m1/s1. The van der Waals surface area contributed by atoms with Gasteiger partial charge < -0.3 is 10.6 Å². The highest BCUT2D eigenvalue weighted by Gasteiger charge is 2.20. The zero-order valence-corrected chi connectivity index (χ0v) is 10.1. The molecule has 1 heterocycles. The minimum Gasteiger partial charge on any atom is -0.369 e. The number of benzene rings is 1. The van der Waals surface area contributed by atoms with Crippen molar-refractivity contribution in [3.63, 3.8) is 0 Å². The molecule has 1 aliphatic heterocycles. The van der Waals surface area contributed by atoms with Crippen LogP contribution in [0, 0.1) is 0 Å². The Balaban J connectivity index is 2.24. The van der Waals surface area contributed by atoms with E-state index in [1.807, 2.05) is 18.2 Å².